The molecule has 0 unspecified atom stereocenters. The maximum Gasteiger partial charge on any atom is 0.354 e. The van der Waals surface area contributed by atoms with E-state index in [4.69, 9.17) is 14.2 Å². The fourth-order valence-electron chi connectivity index (χ4n) is 3.15. The highest BCUT2D eigenvalue weighted by Crippen LogP contribution is 2.46. The minimum atomic E-state index is -1.58. The molecule has 1 aromatic heterocycles. The maximum absolute atomic E-state index is 13.0. The van der Waals surface area contributed by atoms with Crippen LogP contribution >= 0.6 is 23.1 Å². The van der Waals surface area contributed by atoms with E-state index in [1.807, 2.05) is 17.5 Å². The van der Waals surface area contributed by atoms with Gasteiger partial charge in [0.15, 0.2) is 0 Å². The summed E-state index contributed by atoms with van der Waals surface area (Å²) in [7, 11) is 2.53. The Bertz CT molecular complexity index is 868. The molecule has 0 aliphatic carbocycles. The van der Waals surface area contributed by atoms with E-state index in [2.05, 4.69) is 5.32 Å². The summed E-state index contributed by atoms with van der Waals surface area (Å²) in [6.07, 6.45) is 0.116. The Morgan fingerprint density at radius 3 is 2.69 bits per heavy atom. The topological polar surface area (TPSA) is 111 Å². The number of methoxy groups -OCH3 is 2. The summed E-state index contributed by atoms with van der Waals surface area (Å²) in [6.45, 7) is 1.12. The van der Waals surface area contributed by atoms with Crippen LogP contribution in [0.25, 0.3) is 0 Å². The predicted molar refractivity (Wildman–Crippen MR) is 105 cm³/mol. The lowest BCUT2D eigenvalue weighted by molar-refractivity contribution is -0.192. The van der Waals surface area contributed by atoms with Crippen molar-refractivity contribution in [3.05, 3.63) is 33.7 Å². The maximum atomic E-state index is 13.0. The highest BCUT2D eigenvalue weighted by Gasteiger charge is 2.66. The number of nitrogens with one attached hydrogen (secondary N) is 1. The van der Waals surface area contributed by atoms with E-state index < -0.39 is 28.9 Å². The number of hydrogen-bond acceptors (Lipinski definition) is 9. The Hall–Kier alpha value is -2.37. The molecule has 0 aromatic carbocycles. The second-order valence-corrected chi connectivity index (χ2v) is 8.41. The van der Waals surface area contributed by atoms with Gasteiger partial charge < -0.3 is 19.5 Å². The molecule has 9 nitrogen and oxygen atoms in total. The average Bonchev–Trinajstić information content (AvgIpc) is 3.21. The normalized spacial score (nSPS) is 23.2. The zero-order valence-corrected chi connectivity index (χ0v) is 17.7. The molecular weight excluding hydrogens is 420 g/mol. The van der Waals surface area contributed by atoms with Gasteiger partial charge in [-0.25, -0.2) is 4.79 Å². The van der Waals surface area contributed by atoms with Crippen molar-refractivity contribution in [3.63, 3.8) is 0 Å². The van der Waals surface area contributed by atoms with E-state index in [0.717, 1.165) is 4.88 Å². The number of carbonyl (C=O) groups excluding carboxylic acids is 4. The van der Waals surface area contributed by atoms with Gasteiger partial charge in [0.05, 0.1) is 13.5 Å². The van der Waals surface area contributed by atoms with Crippen LogP contribution in [0.5, 0.6) is 0 Å². The Kier molecular flexibility index (Phi) is 6.30. The van der Waals surface area contributed by atoms with Crippen LogP contribution in [0.1, 0.15) is 11.8 Å². The van der Waals surface area contributed by atoms with Crippen molar-refractivity contribution in [3.8, 4) is 0 Å². The Balaban J connectivity index is 1.83. The summed E-state index contributed by atoms with van der Waals surface area (Å²) < 4.78 is 15.2. The summed E-state index contributed by atoms with van der Waals surface area (Å²) in [5, 5.41) is 3.89. The van der Waals surface area contributed by atoms with Crippen molar-refractivity contribution in [2.24, 2.45) is 0 Å². The van der Waals surface area contributed by atoms with Crippen LogP contribution in [0, 0.1) is 0 Å². The number of thioether (sulfide) groups is 1. The molecule has 2 aliphatic rings. The van der Waals surface area contributed by atoms with Crippen LogP contribution in [0.2, 0.25) is 0 Å². The third kappa shape index (κ3) is 3.89. The molecule has 2 aliphatic heterocycles. The molecular formula is C18H20N2O7S2. The lowest BCUT2D eigenvalue weighted by Gasteiger charge is -2.55. The van der Waals surface area contributed by atoms with Crippen molar-refractivity contribution in [1.29, 1.82) is 0 Å². The molecule has 1 aromatic rings. The minimum absolute atomic E-state index is 0.0164. The number of nitrogens with zero attached hydrogens (tertiary/aromatic N) is 1. The molecule has 2 amide bonds. The van der Waals surface area contributed by atoms with E-state index in [0.29, 0.717) is 11.3 Å². The van der Waals surface area contributed by atoms with E-state index in [-0.39, 0.29) is 24.6 Å². The van der Waals surface area contributed by atoms with Gasteiger partial charge in [-0.3, -0.25) is 19.3 Å². The van der Waals surface area contributed by atoms with Gasteiger partial charge in [-0.05, 0) is 11.4 Å². The number of hydrogen-bond donors (Lipinski definition) is 1. The van der Waals surface area contributed by atoms with Crippen LogP contribution in [-0.4, -0.2) is 66.3 Å². The monoisotopic (exact) mass is 440 g/mol. The number of β-lactam (4-membered cyclic amide) rings is 1. The zero-order valence-electron chi connectivity index (χ0n) is 16.1. The smallest absolute Gasteiger partial charge is 0.354 e. The molecule has 0 radical (unpaired) electrons. The van der Waals surface area contributed by atoms with E-state index in [9.17, 15) is 19.2 Å². The second-order valence-electron chi connectivity index (χ2n) is 6.31. The lowest BCUT2D eigenvalue weighted by Crippen LogP contribution is -2.80. The Morgan fingerprint density at radius 2 is 2.10 bits per heavy atom. The summed E-state index contributed by atoms with van der Waals surface area (Å²) in [6, 6.07) is 3.66. The molecule has 0 saturated carbocycles. The number of esters is 2. The van der Waals surface area contributed by atoms with Gasteiger partial charge in [-0.15, -0.1) is 23.1 Å². The Morgan fingerprint density at radius 1 is 1.34 bits per heavy atom. The molecule has 3 rings (SSSR count). The number of rotatable bonds is 7. The minimum Gasteiger partial charge on any atom is -0.464 e. The standard InChI is InChI=1S/C18H20N2O7S2/c1-10(21)27-8-11-9-29-17-18(26-3,16(24)20(17)14(11)15(23)25-2)19-13(22)7-12-5-4-6-28-12/h4-6,17H,7-9H2,1-3H3,(H,19,22)/t17-,18+/m1/s1. The first-order chi connectivity index (χ1) is 13.8. The molecule has 1 fully saturated rings. The summed E-state index contributed by atoms with van der Waals surface area (Å²) >= 11 is 2.74. The van der Waals surface area contributed by atoms with Crippen molar-refractivity contribution in [2.75, 3.05) is 26.6 Å². The van der Waals surface area contributed by atoms with Crippen molar-refractivity contribution < 1.29 is 33.4 Å². The summed E-state index contributed by atoms with van der Waals surface area (Å²) in [5.41, 5.74) is -1.11. The van der Waals surface area contributed by atoms with Crippen molar-refractivity contribution in [1.82, 2.24) is 10.2 Å². The largest absolute Gasteiger partial charge is 0.464 e. The van der Waals surface area contributed by atoms with Crippen LogP contribution < -0.4 is 5.32 Å². The van der Waals surface area contributed by atoms with Crippen LogP contribution in [-0.2, 0) is 39.8 Å². The van der Waals surface area contributed by atoms with Gasteiger partial charge in [-0.1, -0.05) is 6.07 Å². The SMILES string of the molecule is COC(=O)C1=C(COC(C)=O)CS[C@H]2N1C(=O)[C@]2(NC(=O)Cc1cccs1)OC. The highest BCUT2D eigenvalue weighted by atomic mass is 32.2. The number of ether oxygens (including phenoxy) is 3. The Labute approximate surface area is 175 Å². The van der Waals surface area contributed by atoms with Crippen LogP contribution in [0.3, 0.4) is 0 Å². The summed E-state index contributed by atoms with van der Waals surface area (Å²) in [5.74, 6) is -1.87. The van der Waals surface area contributed by atoms with Crippen molar-refractivity contribution in [2.45, 2.75) is 24.4 Å². The number of fused-ring (bicyclic) bond motifs is 1. The molecule has 0 bridgehead atoms. The first-order valence-corrected chi connectivity index (χ1v) is 10.5. The van der Waals surface area contributed by atoms with Crippen molar-refractivity contribution >= 4 is 46.9 Å². The molecule has 2 atom stereocenters. The van der Waals surface area contributed by atoms with E-state index in [1.165, 1.54) is 49.1 Å². The predicted octanol–water partition coefficient (Wildman–Crippen LogP) is 0.655. The number of amides is 2. The van der Waals surface area contributed by atoms with Gasteiger partial charge in [0, 0.05) is 30.2 Å². The molecule has 29 heavy (non-hydrogen) atoms. The summed E-state index contributed by atoms with van der Waals surface area (Å²) in [4.78, 5) is 51.1. The van der Waals surface area contributed by atoms with E-state index >= 15 is 0 Å². The van der Waals surface area contributed by atoms with Gasteiger partial charge in [0.25, 0.3) is 11.6 Å². The van der Waals surface area contributed by atoms with Gasteiger partial charge in [0.2, 0.25) is 5.91 Å². The lowest BCUT2D eigenvalue weighted by atomic mass is 9.98. The van der Waals surface area contributed by atoms with Crippen LogP contribution in [0.15, 0.2) is 28.8 Å². The molecule has 1 N–H and O–H groups in total. The molecule has 1 saturated heterocycles. The highest BCUT2D eigenvalue weighted by molar-refractivity contribution is 8.00. The second kappa shape index (κ2) is 8.56. The van der Waals surface area contributed by atoms with Gasteiger partial charge >= 0.3 is 11.9 Å². The number of carbonyl (C=O) groups is 4. The first kappa shape index (κ1) is 21.3. The molecule has 3 heterocycles. The zero-order chi connectivity index (χ0) is 21.2. The third-order valence-electron chi connectivity index (χ3n) is 4.50. The average molecular weight is 440 g/mol. The quantitative estimate of drug-likeness (QED) is 0.374. The number of thiophene rings is 1. The van der Waals surface area contributed by atoms with E-state index in [1.54, 1.807) is 0 Å². The third-order valence-corrected chi connectivity index (χ3v) is 6.75. The molecule has 156 valence electrons. The van der Waals surface area contributed by atoms with Gasteiger partial charge in [-0.2, -0.15) is 0 Å². The fraction of sp³-hybridized carbons (Fsp3) is 0.444. The fourth-order valence-corrected chi connectivity index (χ4v) is 5.27. The molecule has 0 spiro atoms. The molecule has 11 heteroatoms. The van der Waals surface area contributed by atoms with Gasteiger partial charge in [0.1, 0.15) is 17.7 Å². The van der Waals surface area contributed by atoms with Crippen LogP contribution in [0.4, 0.5) is 0 Å². The first-order valence-electron chi connectivity index (χ1n) is 8.61.